The van der Waals surface area contributed by atoms with E-state index in [-0.39, 0.29) is 36.7 Å². The van der Waals surface area contributed by atoms with Gasteiger partial charge in [-0.05, 0) is 60.3 Å². The third-order valence-electron chi connectivity index (χ3n) is 3.83. The first-order chi connectivity index (χ1) is 10.1. The summed E-state index contributed by atoms with van der Waals surface area (Å²) in [5.74, 6) is -0.00134. The number of carbonyl (C=O) groups is 2. The molecule has 0 aromatic heterocycles. The van der Waals surface area contributed by atoms with E-state index in [2.05, 4.69) is 5.32 Å². The molecule has 1 aliphatic carbocycles. The van der Waals surface area contributed by atoms with Crippen LogP contribution in [0.5, 0.6) is 0 Å². The monoisotopic (exact) mass is 313 g/mol. The summed E-state index contributed by atoms with van der Waals surface area (Å²) in [4.78, 5) is 25.7. The summed E-state index contributed by atoms with van der Waals surface area (Å²) in [7, 11) is 0. The van der Waals surface area contributed by atoms with Crippen LogP contribution in [-0.4, -0.2) is 47.2 Å². The molecule has 0 heterocycles. The van der Waals surface area contributed by atoms with Crippen molar-refractivity contribution in [2.45, 2.75) is 84.0 Å². The third kappa shape index (κ3) is 5.83. The first kappa shape index (κ1) is 18.7. The van der Waals surface area contributed by atoms with Gasteiger partial charge in [0.1, 0.15) is 5.60 Å². The van der Waals surface area contributed by atoms with Gasteiger partial charge in [-0.25, -0.2) is 4.79 Å². The maximum atomic E-state index is 12.0. The predicted octanol–water partition coefficient (Wildman–Crippen LogP) is 2.02. The highest BCUT2D eigenvalue weighted by Gasteiger charge is 2.31. The lowest BCUT2D eigenvalue weighted by Crippen LogP contribution is -2.51. The summed E-state index contributed by atoms with van der Waals surface area (Å²) in [5, 5.41) is 2.92. The molecule has 0 aromatic carbocycles. The van der Waals surface area contributed by atoms with Crippen molar-refractivity contribution in [2.24, 2.45) is 5.73 Å². The van der Waals surface area contributed by atoms with E-state index < -0.39 is 5.60 Å². The molecular weight excluding hydrogens is 282 g/mol. The highest BCUT2D eigenvalue weighted by molar-refractivity contribution is 5.78. The first-order valence-electron chi connectivity index (χ1n) is 8.14. The van der Waals surface area contributed by atoms with Gasteiger partial charge in [0.25, 0.3) is 0 Å². The molecule has 128 valence electrons. The number of carbonyl (C=O) groups excluding carboxylic acids is 2. The fourth-order valence-electron chi connectivity index (χ4n) is 2.99. The molecule has 0 spiro atoms. The summed E-state index contributed by atoms with van der Waals surface area (Å²) < 4.78 is 5.28. The van der Waals surface area contributed by atoms with Crippen molar-refractivity contribution >= 4 is 12.0 Å². The molecule has 1 aliphatic rings. The van der Waals surface area contributed by atoms with Crippen LogP contribution >= 0.6 is 0 Å². The first-order valence-corrected chi connectivity index (χ1v) is 8.14. The van der Waals surface area contributed by atoms with Crippen molar-refractivity contribution in [1.82, 2.24) is 10.2 Å². The zero-order valence-electron chi connectivity index (χ0n) is 14.5. The van der Waals surface area contributed by atoms with Crippen molar-refractivity contribution in [3.63, 3.8) is 0 Å². The van der Waals surface area contributed by atoms with Gasteiger partial charge in [-0.15, -0.1) is 0 Å². The van der Waals surface area contributed by atoms with Gasteiger partial charge in [0.05, 0.1) is 6.54 Å². The van der Waals surface area contributed by atoms with Crippen molar-refractivity contribution in [1.29, 1.82) is 0 Å². The molecule has 1 rings (SSSR count). The van der Waals surface area contributed by atoms with E-state index in [1.165, 1.54) is 0 Å². The number of nitrogens with two attached hydrogens (primary N) is 1. The number of nitrogens with one attached hydrogen (secondary N) is 1. The summed E-state index contributed by atoms with van der Waals surface area (Å²) in [6, 6.07) is 0.484. The Morgan fingerprint density at radius 2 is 1.77 bits per heavy atom. The normalized spacial score (nSPS) is 22.3. The Balaban J connectivity index is 2.49. The summed E-state index contributed by atoms with van der Waals surface area (Å²) >= 11 is 0. The highest BCUT2D eigenvalue weighted by atomic mass is 16.6. The maximum absolute atomic E-state index is 12.0. The number of rotatable bonds is 4. The van der Waals surface area contributed by atoms with E-state index in [0.29, 0.717) is 0 Å². The van der Waals surface area contributed by atoms with E-state index in [1.54, 1.807) is 0 Å². The van der Waals surface area contributed by atoms with Gasteiger partial charge in [0.2, 0.25) is 5.91 Å². The minimum atomic E-state index is -0.483. The van der Waals surface area contributed by atoms with Gasteiger partial charge in [-0.1, -0.05) is 0 Å². The number of amides is 2. The molecule has 0 aliphatic heterocycles. The standard InChI is InChI=1S/C16H31N3O3/c1-11(2)19(14(20)10-17)13-8-6-12(7-9-13)18-15(21)22-16(3,4)5/h11-13H,6-10,17H2,1-5H3,(H,18,21). The topological polar surface area (TPSA) is 84.7 Å². The second-order valence-corrected chi connectivity index (χ2v) is 7.25. The van der Waals surface area contributed by atoms with Crippen LogP contribution in [0.15, 0.2) is 0 Å². The molecule has 3 N–H and O–H groups in total. The molecule has 0 unspecified atom stereocenters. The summed E-state index contributed by atoms with van der Waals surface area (Å²) in [5.41, 5.74) is 5.02. The van der Waals surface area contributed by atoms with Crippen LogP contribution in [0.2, 0.25) is 0 Å². The van der Waals surface area contributed by atoms with Crippen molar-refractivity contribution < 1.29 is 14.3 Å². The average molecular weight is 313 g/mol. The Bertz CT molecular complexity index is 383. The number of alkyl carbamates (subject to hydrolysis) is 1. The lowest BCUT2D eigenvalue weighted by Gasteiger charge is -2.39. The molecule has 6 heteroatoms. The van der Waals surface area contributed by atoms with Crippen LogP contribution in [0.3, 0.4) is 0 Å². The Morgan fingerprint density at radius 3 is 2.18 bits per heavy atom. The Labute approximate surface area is 133 Å². The quantitative estimate of drug-likeness (QED) is 0.831. The fraction of sp³-hybridized carbons (Fsp3) is 0.875. The lowest BCUT2D eigenvalue weighted by molar-refractivity contribution is -0.134. The van der Waals surface area contributed by atoms with E-state index in [4.69, 9.17) is 10.5 Å². The number of nitrogens with zero attached hydrogens (tertiary/aromatic N) is 1. The van der Waals surface area contributed by atoms with Crippen LogP contribution in [0, 0.1) is 0 Å². The molecule has 1 fully saturated rings. The molecule has 0 atom stereocenters. The summed E-state index contributed by atoms with van der Waals surface area (Å²) in [6.45, 7) is 9.62. The maximum Gasteiger partial charge on any atom is 0.407 e. The smallest absolute Gasteiger partial charge is 0.407 e. The van der Waals surface area contributed by atoms with Crippen molar-refractivity contribution in [3.8, 4) is 0 Å². The van der Waals surface area contributed by atoms with E-state index in [9.17, 15) is 9.59 Å². The van der Waals surface area contributed by atoms with Gasteiger partial charge >= 0.3 is 6.09 Å². The second kappa shape index (κ2) is 7.81. The van der Waals surface area contributed by atoms with E-state index in [1.807, 2.05) is 39.5 Å². The van der Waals surface area contributed by atoms with Crippen LogP contribution in [0.4, 0.5) is 4.79 Å². The number of hydrogen-bond donors (Lipinski definition) is 2. The average Bonchev–Trinajstić information content (AvgIpc) is 2.38. The van der Waals surface area contributed by atoms with E-state index in [0.717, 1.165) is 25.7 Å². The van der Waals surface area contributed by atoms with Gasteiger partial charge in [0, 0.05) is 18.1 Å². The van der Waals surface area contributed by atoms with Gasteiger partial charge in [0.15, 0.2) is 0 Å². The Kier molecular flexibility index (Phi) is 6.66. The van der Waals surface area contributed by atoms with Crippen LogP contribution in [-0.2, 0) is 9.53 Å². The molecular formula is C16H31N3O3. The van der Waals surface area contributed by atoms with Crippen LogP contribution in [0.25, 0.3) is 0 Å². The van der Waals surface area contributed by atoms with Gasteiger partial charge in [-0.2, -0.15) is 0 Å². The largest absolute Gasteiger partial charge is 0.444 e. The molecule has 0 aromatic rings. The molecule has 0 saturated heterocycles. The molecule has 2 amide bonds. The SMILES string of the molecule is CC(C)N(C(=O)CN)C1CCC(NC(=O)OC(C)(C)C)CC1. The molecule has 6 nitrogen and oxygen atoms in total. The number of ether oxygens (including phenoxy) is 1. The van der Waals surface area contributed by atoms with Gasteiger partial charge in [-0.3, -0.25) is 4.79 Å². The molecule has 0 radical (unpaired) electrons. The molecule has 22 heavy (non-hydrogen) atoms. The fourth-order valence-corrected chi connectivity index (χ4v) is 2.99. The van der Waals surface area contributed by atoms with Crippen molar-refractivity contribution in [2.75, 3.05) is 6.54 Å². The highest BCUT2D eigenvalue weighted by Crippen LogP contribution is 2.25. The second-order valence-electron chi connectivity index (χ2n) is 7.25. The van der Waals surface area contributed by atoms with E-state index >= 15 is 0 Å². The molecule has 0 bridgehead atoms. The van der Waals surface area contributed by atoms with Crippen molar-refractivity contribution in [3.05, 3.63) is 0 Å². The molecule has 1 saturated carbocycles. The Morgan fingerprint density at radius 1 is 1.23 bits per heavy atom. The lowest BCUT2D eigenvalue weighted by atomic mass is 9.89. The summed E-state index contributed by atoms with van der Waals surface area (Å²) in [6.07, 6.45) is 3.10. The van der Waals surface area contributed by atoms with Crippen LogP contribution < -0.4 is 11.1 Å². The Hall–Kier alpha value is -1.30. The number of hydrogen-bond acceptors (Lipinski definition) is 4. The van der Waals surface area contributed by atoms with Gasteiger partial charge < -0.3 is 20.7 Å². The predicted molar refractivity (Wildman–Crippen MR) is 86.5 cm³/mol. The minimum Gasteiger partial charge on any atom is -0.444 e. The third-order valence-corrected chi connectivity index (χ3v) is 3.83. The van der Waals surface area contributed by atoms with Crippen LogP contribution in [0.1, 0.15) is 60.3 Å². The zero-order chi connectivity index (χ0) is 16.9. The zero-order valence-corrected chi connectivity index (χ0v) is 14.5. The minimum absolute atomic E-state index is 0.00134.